The number of ether oxygens (including phenoxy) is 1. The van der Waals surface area contributed by atoms with E-state index in [0.717, 1.165) is 28.4 Å². The van der Waals surface area contributed by atoms with Crippen LogP contribution in [0.2, 0.25) is 0 Å². The fraction of sp³-hybridized carbons (Fsp3) is 0.190. The minimum Gasteiger partial charge on any atom is -0.483 e. The number of hydrogen-bond acceptors (Lipinski definition) is 23. The molecule has 8 N–H and O–H groups in total. The van der Waals surface area contributed by atoms with Crippen LogP contribution in [0.15, 0.2) is 102 Å². The van der Waals surface area contributed by atoms with Crippen molar-refractivity contribution in [1.82, 2.24) is 5.32 Å². The molecule has 0 atom stereocenters. The largest absolute Gasteiger partial charge is 0.483 e. The van der Waals surface area contributed by atoms with Crippen molar-refractivity contribution in [3.63, 3.8) is 0 Å². The maximum absolute atomic E-state index is 12.7. The summed E-state index contributed by atoms with van der Waals surface area (Å²) < 4.78 is 92.7. The second-order valence-electron chi connectivity index (χ2n) is 15.5. The molecule has 71 heavy (non-hydrogen) atoms. The summed E-state index contributed by atoms with van der Waals surface area (Å²) in [5, 5.41) is 67.5. The zero-order valence-electron chi connectivity index (χ0n) is 35.8. The smallest absolute Gasteiger partial charge is 0.306 e. The van der Waals surface area contributed by atoms with Crippen molar-refractivity contribution in [2.75, 3.05) is 6.61 Å². The van der Waals surface area contributed by atoms with E-state index in [-0.39, 0.29) is 33.6 Å². The minimum absolute atomic E-state index is 0.169. The lowest BCUT2D eigenvalue weighted by Crippen LogP contribution is -2.40. The van der Waals surface area contributed by atoms with E-state index < -0.39 is 42.9 Å². The lowest BCUT2D eigenvalue weighted by molar-refractivity contribution is -0.432. The van der Waals surface area contributed by atoms with Gasteiger partial charge in [-0.25, -0.2) is 21.0 Å². The van der Waals surface area contributed by atoms with E-state index in [9.17, 15) is 40.6 Å². The number of aliphatic carboxylic acids is 1. The molecule has 1 saturated carbocycles. The van der Waals surface area contributed by atoms with Crippen LogP contribution in [0.1, 0.15) is 31.2 Å². The molecule has 0 radical (unpaired) electrons. The van der Waals surface area contributed by atoms with Gasteiger partial charge in [0, 0.05) is 47.7 Å². The van der Waals surface area contributed by atoms with Crippen molar-refractivity contribution in [2.45, 2.75) is 68.0 Å². The molecular formula is C42H35NO22S6. The number of benzene rings is 8. The van der Waals surface area contributed by atoms with Crippen LogP contribution in [0.25, 0.3) is 64.6 Å². The third kappa shape index (κ3) is 11.0. The summed E-state index contributed by atoms with van der Waals surface area (Å²) in [5.41, 5.74) is 0.873. The van der Waals surface area contributed by atoms with Gasteiger partial charge in [-0.05, 0) is 106 Å². The summed E-state index contributed by atoms with van der Waals surface area (Å²) in [7, 11) is -9.29. The molecule has 1 fully saturated rings. The van der Waals surface area contributed by atoms with E-state index in [1.54, 1.807) is 48.5 Å². The Morgan fingerprint density at radius 3 is 1.34 bits per heavy atom. The van der Waals surface area contributed by atoms with Crippen molar-refractivity contribution >= 4 is 145 Å². The molecule has 23 nitrogen and oxygen atoms in total. The summed E-state index contributed by atoms with van der Waals surface area (Å²) >= 11 is 2.53. The number of hydrogen-bond donors (Lipinski definition) is 8. The van der Waals surface area contributed by atoms with Crippen molar-refractivity contribution in [3.05, 3.63) is 78.4 Å². The average Bonchev–Trinajstić information content (AvgIpc) is 3.34. The number of carbonyl (C=O) groups excluding carboxylic acids is 1. The first kappa shape index (κ1) is 52.6. The zero-order valence-corrected chi connectivity index (χ0v) is 40.7. The number of carbonyl (C=O) groups is 2. The lowest BCUT2D eigenvalue weighted by atomic mass is 9.86. The van der Waals surface area contributed by atoms with Crippen molar-refractivity contribution in [3.8, 4) is 5.75 Å². The van der Waals surface area contributed by atoms with Crippen LogP contribution in [0, 0.1) is 12.8 Å². The SMILES string of the molecule is Cc1cc(SOOO)c2ccc3c(SOOO)cc(S(=O)(=O)O)c4ccc1c2c34.O=C(COc1cc(SOOO)c2ccc3c(SOOO)cc(S(=O)(=O)O)c4ccc1c2c34)NC1CCC(C(=O)O)CC1. The summed E-state index contributed by atoms with van der Waals surface area (Å²) in [6.07, 6.45) is 1.99. The van der Waals surface area contributed by atoms with E-state index >= 15 is 0 Å². The first-order valence-electron chi connectivity index (χ1n) is 20.2. The van der Waals surface area contributed by atoms with Gasteiger partial charge in [-0.15, -0.1) is 17.3 Å². The van der Waals surface area contributed by atoms with Gasteiger partial charge in [0.05, 0.1) is 59.0 Å². The van der Waals surface area contributed by atoms with Gasteiger partial charge in [0.15, 0.2) is 6.61 Å². The molecule has 0 unspecified atom stereocenters. The number of nitrogens with one attached hydrogen (secondary N) is 1. The molecule has 0 saturated heterocycles. The third-order valence-corrected chi connectivity index (χ3v) is 16.1. The molecule has 0 bridgehead atoms. The molecule has 376 valence electrons. The van der Waals surface area contributed by atoms with Crippen LogP contribution >= 0.6 is 48.2 Å². The maximum atomic E-state index is 12.7. The Labute approximate surface area is 416 Å². The molecule has 0 heterocycles. The molecule has 9 rings (SSSR count). The monoisotopic (exact) mass is 1100 g/mol. The van der Waals surface area contributed by atoms with Gasteiger partial charge in [-0.1, -0.05) is 62.6 Å². The molecule has 0 spiro atoms. The second-order valence-corrected chi connectivity index (χ2v) is 21.3. The Morgan fingerprint density at radius 2 is 0.915 bits per heavy atom. The van der Waals surface area contributed by atoms with Gasteiger partial charge >= 0.3 is 5.97 Å². The number of rotatable bonds is 19. The van der Waals surface area contributed by atoms with Crippen molar-refractivity contribution in [1.29, 1.82) is 0 Å². The highest BCUT2D eigenvalue weighted by atomic mass is 32.2. The number of carboxylic acids is 1. The van der Waals surface area contributed by atoms with Crippen LogP contribution in [0.3, 0.4) is 0 Å². The van der Waals surface area contributed by atoms with Crippen molar-refractivity contribution in [2.24, 2.45) is 5.92 Å². The summed E-state index contributed by atoms with van der Waals surface area (Å²) in [6, 6.07) is 19.0. The van der Waals surface area contributed by atoms with E-state index in [2.05, 4.69) is 42.8 Å². The van der Waals surface area contributed by atoms with Crippen LogP contribution in [0.4, 0.5) is 0 Å². The second kappa shape index (κ2) is 22.2. The summed E-state index contributed by atoms with van der Waals surface area (Å²) in [4.78, 5) is 24.7. The molecule has 1 amide bonds. The van der Waals surface area contributed by atoms with Crippen LogP contribution in [-0.2, 0) is 67.3 Å². The van der Waals surface area contributed by atoms with Gasteiger partial charge in [0.2, 0.25) is 0 Å². The molecule has 0 aliphatic heterocycles. The van der Waals surface area contributed by atoms with Gasteiger partial charge in [-0.2, -0.15) is 16.8 Å². The normalized spacial score (nSPS) is 15.6. The Kier molecular flexibility index (Phi) is 16.5. The van der Waals surface area contributed by atoms with E-state index in [4.69, 9.17) is 25.8 Å². The lowest BCUT2D eigenvalue weighted by Gasteiger charge is -2.26. The highest BCUT2D eigenvalue weighted by molar-refractivity contribution is 7.95. The fourth-order valence-electron chi connectivity index (χ4n) is 8.86. The molecule has 0 aromatic heterocycles. The van der Waals surface area contributed by atoms with E-state index in [1.165, 1.54) is 18.2 Å². The predicted molar refractivity (Wildman–Crippen MR) is 254 cm³/mol. The maximum Gasteiger partial charge on any atom is 0.306 e. The molecule has 1 aliphatic rings. The molecule has 8 aromatic carbocycles. The summed E-state index contributed by atoms with van der Waals surface area (Å²) in [5.74, 6) is -1.47. The van der Waals surface area contributed by atoms with Gasteiger partial charge in [0.25, 0.3) is 26.1 Å². The molecule has 29 heteroatoms. The topological polar surface area (TPSA) is 339 Å². The van der Waals surface area contributed by atoms with Gasteiger partial charge in [-0.3, -0.25) is 18.7 Å². The first-order valence-corrected chi connectivity index (χ1v) is 26.1. The standard InChI is InChI=1S/C25H23NO13S3.C17H12O9S3/c27-22(26-13-3-1-12(2-4-13)25(28)29)11-35-18-9-19(40-38-36-30)15-6-7-16-20(41-39-37-31)10-21(42(32,33)34)17-8-5-14(18)23(15)24(16)17;1-8-6-13(27-25-23-18)10-3-4-11-14(28-26-24-19)7-15(29(20,21)22)12-5-2-9(8)16(10)17(11)12/h5-10,12-13,30-31H,1-4,11H2,(H,26,27)(H,28,29)(H,32,33,34);2-7,18-19H,1H3,(H,20,21,22). The van der Waals surface area contributed by atoms with Gasteiger partial charge in [0.1, 0.15) is 15.5 Å². The highest BCUT2D eigenvalue weighted by Gasteiger charge is 2.29. The Morgan fingerprint density at radius 1 is 0.549 bits per heavy atom. The summed E-state index contributed by atoms with van der Waals surface area (Å²) in [6.45, 7) is 1.49. The van der Waals surface area contributed by atoms with E-state index in [0.29, 0.717) is 125 Å². The molecule has 8 aromatic rings. The number of amides is 1. The van der Waals surface area contributed by atoms with E-state index in [1.807, 2.05) is 13.0 Å². The average molecular weight is 1100 g/mol. The Bertz CT molecular complexity index is 3520. The zero-order chi connectivity index (χ0) is 50.8. The fourth-order valence-corrected chi connectivity index (χ4v) is 12.6. The predicted octanol–water partition coefficient (Wildman–Crippen LogP) is 9.82. The molecular weight excluding hydrogens is 1060 g/mol. The van der Waals surface area contributed by atoms with Crippen molar-refractivity contribution < 1.29 is 104 Å². The number of aryl methyl sites for hydroxylation is 1. The Balaban J connectivity index is 0.000000204. The Hall–Kier alpha value is -4.68. The highest BCUT2D eigenvalue weighted by Crippen LogP contribution is 2.48. The number of carboxylic acid groups (broad SMARTS) is 1. The van der Waals surface area contributed by atoms with Crippen LogP contribution in [-0.4, -0.2) is 76.6 Å². The third-order valence-electron chi connectivity index (χ3n) is 11.7. The minimum atomic E-state index is -4.73. The van der Waals surface area contributed by atoms with Gasteiger partial charge < -0.3 is 15.2 Å². The van der Waals surface area contributed by atoms with Crippen LogP contribution in [0.5, 0.6) is 5.75 Å². The first-order chi connectivity index (χ1) is 34.0. The van der Waals surface area contributed by atoms with Crippen LogP contribution < -0.4 is 10.1 Å². The quantitative estimate of drug-likeness (QED) is 0.0123. The molecule has 1 aliphatic carbocycles.